The fraction of sp³-hybridized carbons (Fsp3) is 0.562. The summed E-state index contributed by atoms with van der Waals surface area (Å²) < 4.78 is 5.56. The third-order valence-corrected chi connectivity index (χ3v) is 3.86. The van der Waals surface area contributed by atoms with E-state index in [4.69, 9.17) is 17.0 Å². The third kappa shape index (κ3) is 5.47. The van der Waals surface area contributed by atoms with Crippen LogP contribution in [0.3, 0.4) is 0 Å². The van der Waals surface area contributed by atoms with Crippen LogP contribution >= 0.6 is 12.2 Å². The van der Waals surface area contributed by atoms with Crippen LogP contribution in [0, 0.1) is 0 Å². The van der Waals surface area contributed by atoms with E-state index in [1.807, 2.05) is 0 Å². The van der Waals surface area contributed by atoms with Crippen LogP contribution in [0.15, 0.2) is 30.3 Å². The summed E-state index contributed by atoms with van der Waals surface area (Å²) in [6.07, 6.45) is 4.78. The molecule has 1 aromatic carbocycles. The van der Waals surface area contributed by atoms with Gasteiger partial charge in [0.2, 0.25) is 0 Å². The van der Waals surface area contributed by atoms with Crippen molar-refractivity contribution in [3.05, 3.63) is 35.9 Å². The second-order valence-electron chi connectivity index (χ2n) is 5.41. The van der Waals surface area contributed by atoms with Crippen molar-refractivity contribution in [2.75, 3.05) is 13.2 Å². The third-order valence-electron chi connectivity index (χ3n) is 3.60. The number of hydrogen-bond donors (Lipinski definition) is 2. The molecule has 1 fully saturated rings. The van der Waals surface area contributed by atoms with Crippen molar-refractivity contribution in [1.29, 1.82) is 0 Å². The number of benzene rings is 1. The van der Waals surface area contributed by atoms with Gasteiger partial charge in [0.05, 0.1) is 6.10 Å². The monoisotopic (exact) mass is 292 g/mol. The molecule has 2 N–H and O–H groups in total. The van der Waals surface area contributed by atoms with Gasteiger partial charge >= 0.3 is 0 Å². The van der Waals surface area contributed by atoms with Crippen molar-refractivity contribution < 1.29 is 4.74 Å². The molecule has 0 saturated carbocycles. The molecule has 1 heterocycles. The Balaban J connectivity index is 1.60. The lowest BCUT2D eigenvalue weighted by molar-refractivity contribution is 0.114. The highest BCUT2D eigenvalue weighted by Gasteiger charge is 2.15. The molecule has 1 aromatic rings. The van der Waals surface area contributed by atoms with E-state index < -0.39 is 0 Å². The van der Waals surface area contributed by atoms with E-state index in [1.54, 1.807) is 0 Å². The van der Waals surface area contributed by atoms with E-state index >= 15 is 0 Å². The highest BCUT2D eigenvalue weighted by molar-refractivity contribution is 7.80. The summed E-state index contributed by atoms with van der Waals surface area (Å²) in [6, 6.07) is 10.9. The van der Waals surface area contributed by atoms with Gasteiger partial charge in [-0.1, -0.05) is 30.3 Å². The van der Waals surface area contributed by atoms with Gasteiger partial charge < -0.3 is 15.4 Å². The number of hydrogen-bond acceptors (Lipinski definition) is 2. The Morgan fingerprint density at radius 3 is 2.90 bits per heavy atom. The molecule has 0 amide bonds. The second-order valence-corrected chi connectivity index (χ2v) is 5.82. The predicted molar refractivity (Wildman–Crippen MR) is 86.9 cm³/mol. The molecule has 110 valence electrons. The van der Waals surface area contributed by atoms with Crippen LogP contribution in [0.1, 0.15) is 31.7 Å². The van der Waals surface area contributed by atoms with E-state index in [2.05, 4.69) is 47.9 Å². The molecule has 0 unspecified atom stereocenters. The summed E-state index contributed by atoms with van der Waals surface area (Å²) in [5, 5.41) is 7.32. The lowest BCUT2D eigenvalue weighted by atomic mass is 10.1. The van der Waals surface area contributed by atoms with Gasteiger partial charge in [-0.15, -0.1) is 0 Å². The minimum atomic E-state index is 0.328. The average molecular weight is 292 g/mol. The highest BCUT2D eigenvalue weighted by atomic mass is 32.1. The molecule has 1 aliphatic rings. The topological polar surface area (TPSA) is 33.3 Å². The number of ether oxygens (including phenoxy) is 1. The standard InChI is InChI=1S/C16H24N2OS/c1-13(9-10-14-6-3-2-4-7-14)18-16(20)17-12-15-8-5-11-19-15/h2-4,6-7,13,15H,5,8-12H2,1H3,(H2,17,18,20)/t13-,15-/m1/s1. The fourth-order valence-corrected chi connectivity index (χ4v) is 2.67. The normalized spacial score (nSPS) is 19.6. The maximum Gasteiger partial charge on any atom is 0.166 e. The van der Waals surface area contributed by atoms with Crippen LogP contribution < -0.4 is 10.6 Å². The van der Waals surface area contributed by atoms with Gasteiger partial charge in [0, 0.05) is 19.2 Å². The molecular weight excluding hydrogens is 268 g/mol. The van der Waals surface area contributed by atoms with Crippen molar-refractivity contribution in [2.24, 2.45) is 0 Å². The van der Waals surface area contributed by atoms with Crippen LogP contribution in [0.5, 0.6) is 0 Å². The van der Waals surface area contributed by atoms with Crippen LogP contribution in [-0.2, 0) is 11.2 Å². The Morgan fingerprint density at radius 1 is 1.40 bits per heavy atom. The quantitative estimate of drug-likeness (QED) is 0.790. The molecule has 0 bridgehead atoms. The van der Waals surface area contributed by atoms with Gasteiger partial charge in [0.1, 0.15) is 0 Å². The summed E-state index contributed by atoms with van der Waals surface area (Å²) in [4.78, 5) is 0. The molecule has 20 heavy (non-hydrogen) atoms. The summed E-state index contributed by atoms with van der Waals surface area (Å²) >= 11 is 5.32. The van der Waals surface area contributed by atoms with E-state index in [0.29, 0.717) is 12.1 Å². The first-order chi connectivity index (χ1) is 9.74. The molecule has 0 spiro atoms. The molecule has 3 nitrogen and oxygen atoms in total. The van der Waals surface area contributed by atoms with Gasteiger partial charge in [0.15, 0.2) is 5.11 Å². The number of nitrogens with one attached hydrogen (secondary N) is 2. The van der Waals surface area contributed by atoms with Crippen LogP contribution in [0.2, 0.25) is 0 Å². The van der Waals surface area contributed by atoms with Gasteiger partial charge in [-0.2, -0.15) is 0 Å². The first-order valence-corrected chi connectivity index (χ1v) is 7.85. The predicted octanol–water partition coefficient (Wildman–Crippen LogP) is 2.65. The SMILES string of the molecule is C[C@H](CCc1ccccc1)NC(=S)NC[C@H]1CCCO1. The van der Waals surface area contributed by atoms with E-state index in [0.717, 1.165) is 37.5 Å². The summed E-state index contributed by atoms with van der Waals surface area (Å²) in [7, 11) is 0. The summed E-state index contributed by atoms with van der Waals surface area (Å²) in [5.41, 5.74) is 1.37. The van der Waals surface area contributed by atoms with Gasteiger partial charge in [-0.05, 0) is 50.4 Å². The first kappa shape index (κ1) is 15.3. The first-order valence-electron chi connectivity index (χ1n) is 7.44. The molecule has 4 heteroatoms. The fourth-order valence-electron chi connectivity index (χ4n) is 2.39. The zero-order valence-corrected chi connectivity index (χ0v) is 12.9. The molecule has 0 aromatic heterocycles. The zero-order chi connectivity index (χ0) is 14.2. The minimum absolute atomic E-state index is 0.328. The van der Waals surface area contributed by atoms with Crippen LogP contribution in [0.25, 0.3) is 0 Å². The Morgan fingerprint density at radius 2 is 2.20 bits per heavy atom. The summed E-state index contributed by atoms with van der Waals surface area (Å²) in [5.74, 6) is 0. The van der Waals surface area contributed by atoms with Crippen molar-refractivity contribution in [2.45, 2.75) is 44.8 Å². The largest absolute Gasteiger partial charge is 0.376 e. The highest BCUT2D eigenvalue weighted by Crippen LogP contribution is 2.10. The molecule has 0 aliphatic carbocycles. The van der Waals surface area contributed by atoms with Gasteiger partial charge in [0.25, 0.3) is 0 Å². The maximum absolute atomic E-state index is 5.56. The smallest absolute Gasteiger partial charge is 0.166 e. The van der Waals surface area contributed by atoms with Crippen molar-refractivity contribution in [1.82, 2.24) is 10.6 Å². The lowest BCUT2D eigenvalue weighted by Crippen LogP contribution is -2.43. The second kappa shape index (κ2) is 8.22. The van der Waals surface area contributed by atoms with Crippen LogP contribution in [0.4, 0.5) is 0 Å². The summed E-state index contributed by atoms with van der Waals surface area (Å²) in [6.45, 7) is 3.88. The Hall–Kier alpha value is -1.13. The average Bonchev–Trinajstić information content (AvgIpc) is 2.97. The lowest BCUT2D eigenvalue weighted by Gasteiger charge is -2.18. The molecule has 2 rings (SSSR count). The number of rotatable bonds is 6. The van der Waals surface area contributed by atoms with Crippen molar-refractivity contribution in [3.8, 4) is 0 Å². The molecule has 1 saturated heterocycles. The minimum Gasteiger partial charge on any atom is -0.376 e. The molecule has 2 atom stereocenters. The maximum atomic E-state index is 5.56. The van der Waals surface area contributed by atoms with Crippen molar-refractivity contribution in [3.63, 3.8) is 0 Å². The van der Waals surface area contributed by atoms with Crippen molar-refractivity contribution >= 4 is 17.3 Å². The Bertz CT molecular complexity index is 404. The molecule has 1 aliphatic heterocycles. The number of aryl methyl sites for hydroxylation is 1. The van der Waals surface area contributed by atoms with Gasteiger partial charge in [-0.25, -0.2) is 0 Å². The van der Waals surface area contributed by atoms with E-state index in [1.165, 1.54) is 12.0 Å². The zero-order valence-electron chi connectivity index (χ0n) is 12.1. The van der Waals surface area contributed by atoms with Crippen LogP contribution in [-0.4, -0.2) is 30.4 Å². The molecule has 0 radical (unpaired) electrons. The van der Waals surface area contributed by atoms with E-state index in [-0.39, 0.29) is 0 Å². The Labute approximate surface area is 127 Å². The van der Waals surface area contributed by atoms with Gasteiger partial charge in [-0.3, -0.25) is 0 Å². The number of thiocarbonyl (C=S) groups is 1. The van der Waals surface area contributed by atoms with E-state index in [9.17, 15) is 0 Å². The molecular formula is C16H24N2OS. The Kier molecular flexibility index (Phi) is 6.27.